The number of rotatable bonds is 4. The number of allylic oxidation sites excluding steroid dienone is 2. The lowest BCUT2D eigenvalue weighted by molar-refractivity contribution is -0.384. The van der Waals surface area contributed by atoms with Crippen molar-refractivity contribution in [3.63, 3.8) is 0 Å². The quantitative estimate of drug-likeness (QED) is 0.263. The van der Waals surface area contributed by atoms with Crippen LogP contribution in [-0.4, -0.2) is 39.5 Å². The summed E-state index contributed by atoms with van der Waals surface area (Å²) in [4.78, 5) is 54.1. The first kappa shape index (κ1) is 21.7. The first-order chi connectivity index (χ1) is 16.3. The molecule has 9 nitrogen and oxygen atoms in total. The van der Waals surface area contributed by atoms with Gasteiger partial charge in [-0.2, -0.15) is 5.26 Å². The number of hydrogen-bond donors (Lipinski definition) is 0. The minimum Gasteiger partial charge on any atom is -0.359 e. The Bertz CT molecular complexity index is 1360. The molecule has 4 atom stereocenters. The van der Waals surface area contributed by atoms with E-state index in [9.17, 15) is 29.8 Å². The first-order valence-electron chi connectivity index (χ1n) is 10.3. The molecule has 0 saturated carbocycles. The number of imide groups is 1. The highest BCUT2D eigenvalue weighted by molar-refractivity contribution is 9.10. The Morgan fingerprint density at radius 2 is 1.79 bits per heavy atom. The lowest BCUT2D eigenvalue weighted by Gasteiger charge is -2.32. The third-order valence-electron chi connectivity index (χ3n) is 6.37. The molecule has 2 amide bonds. The fourth-order valence-electron chi connectivity index (χ4n) is 4.91. The lowest BCUT2D eigenvalue weighted by Crippen LogP contribution is -2.46. The molecular formula is C24H15BrN4O5. The van der Waals surface area contributed by atoms with Crippen molar-refractivity contribution in [2.24, 2.45) is 11.8 Å². The minimum absolute atomic E-state index is 0.0735. The molecule has 10 heteroatoms. The largest absolute Gasteiger partial charge is 0.359 e. The van der Waals surface area contributed by atoms with Gasteiger partial charge in [0.15, 0.2) is 5.78 Å². The Labute approximate surface area is 201 Å². The first-order valence-corrected chi connectivity index (χ1v) is 11.1. The number of Topliss-reactive ketones (excluding diaryl/α,β-unsaturated/α-hetero) is 1. The number of hydrogen-bond acceptors (Lipinski definition) is 7. The molecule has 2 aromatic carbocycles. The molecular weight excluding hydrogens is 504 g/mol. The molecule has 0 N–H and O–H groups in total. The van der Waals surface area contributed by atoms with Crippen LogP contribution in [0.4, 0.5) is 11.4 Å². The minimum atomic E-state index is -1.05. The fraction of sp³-hybridized carbons (Fsp3) is 0.167. The summed E-state index contributed by atoms with van der Waals surface area (Å²) < 4.78 is 0.777. The number of nitro benzene ring substituents is 1. The summed E-state index contributed by atoms with van der Waals surface area (Å²) in [7, 11) is 0. The van der Waals surface area contributed by atoms with Crippen LogP contribution in [-0.2, 0) is 9.59 Å². The van der Waals surface area contributed by atoms with Gasteiger partial charge in [0.1, 0.15) is 6.04 Å². The van der Waals surface area contributed by atoms with E-state index in [2.05, 4.69) is 15.9 Å². The second-order valence-corrected chi connectivity index (χ2v) is 9.06. The molecule has 3 heterocycles. The number of ketones is 1. The number of halogens is 1. The van der Waals surface area contributed by atoms with Gasteiger partial charge in [0.05, 0.1) is 40.1 Å². The van der Waals surface area contributed by atoms with Crippen molar-refractivity contribution in [2.45, 2.75) is 12.1 Å². The molecule has 5 rings (SSSR count). The monoisotopic (exact) mass is 518 g/mol. The normalized spacial score (nSPS) is 25.0. The van der Waals surface area contributed by atoms with Crippen LogP contribution >= 0.6 is 15.9 Å². The van der Waals surface area contributed by atoms with Crippen LogP contribution in [0.2, 0.25) is 0 Å². The van der Waals surface area contributed by atoms with Crippen molar-refractivity contribution in [1.29, 1.82) is 5.26 Å². The number of fused-ring (bicyclic) bond motifs is 3. The number of anilines is 1. The zero-order chi connectivity index (χ0) is 24.1. The number of benzene rings is 2. The highest BCUT2D eigenvalue weighted by Crippen LogP contribution is 2.47. The van der Waals surface area contributed by atoms with E-state index in [0.717, 1.165) is 9.37 Å². The van der Waals surface area contributed by atoms with Gasteiger partial charge in [0.2, 0.25) is 11.8 Å². The van der Waals surface area contributed by atoms with Crippen LogP contribution in [0.15, 0.2) is 76.9 Å². The summed E-state index contributed by atoms with van der Waals surface area (Å²) in [5.41, 5.74) is 0.537. The van der Waals surface area contributed by atoms with Crippen molar-refractivity contribution in [3.8, 4) is 6.07 Å². The summed E-state index contributed by atoms with van der Waals surface area (Å²) in [6, 6.07) is 12.3. The van der Waals surface area contributed by atoms with Crippen LogP contribution in [0.25, 0.3) is 0 Å². The topological polar surface area (TPSA) is 125 Å². The number of nitro groups is 1. The molecule has 2 fully saturated rings. The van der Waals surface area contributed by atoms with Crippen LogP contribution in [0.5, 0.6) is 0 Å². The van der Waals surface area contributed by atoms with Crippen LogP contribution in [0.3, 0.4) is 0 Å². The molecule has 0 radical (unpaired) electrons. The maximum Gasteiger partial charge on any atom is 0.270 e. The number of carbonyl (C=O) groups excluding carboxylic acids is 3. The third kappa shape index (κ3) is 3.24. The van der Waals surface area contributed by atoms with E-state index in [0.29, 0.717) is 11.3 Å². The van der Waals surface area contributed by atoms with Crippen LogP contribution < -0.4 is 4.90 Å². The highest BCUT2D eigenvalue weighted by Gasteiger charge is 2.63. The van der Waals surface area contributed by atoms with E-state index in [1.807, 2.05) is 6.07 Å². The molecule has 2 aromatic rings. The Morgan fingerprint density at radius 3 is 2.47 bits per heavy atom. The van der Waals surface area contributed by atoms with Gasteiger partial charge in [-0.15, -0.1) is 0 Å². The summed E-state index contributed by atoms with van der Waals surface area (Å²) in [5.74, 6) is -3.36. The molecule has 34 heavy (non-hydrogen) atoms. The average Bonchev–Trinajstić information content (AvgIpc) is 3.31. The van der Waals surface area contributed by atoms with Gasteiger partial charge >= 0.3 is 0 Å². The van der Waals surface area contributed by atoms with Gasteiger partial charge in [-0.1, -0.05) is 28.1 Å². The smallest absolute Gasteiger partial charge is 0.270 e. The van der Waals surface area contributed by atoms with Gasteiger partial charge in [0.25, 0.3) is 5.69 Å². The fourth-order valence-corrected chi connectivity index (χ4v) is 5.17. The van der Waals surface area contributed by atoms with Gasteiger partial charge in [-0.3, -0.25) is 24.5 Å². The number of amides is 2. The SMILES string of the molecule is N#CC1=C[C@@H]2[C@H]3C(=O)N(c4ccc(Br)cc4)C(=O)[C@H]3[C@H](C(=O)c3cccc([N+](=O)[O-])c3)N2C=C1. The second-order valence-electron chi connectivity index (χ2n) is 8.14. The van der Waals surface area contributed by atoms with E-state index in [1.54, 1.807) is 41.4 Å². The van der Waals surface area contributed by atoms with Gasteiger partial charge in [0, 0.05) is 28.4 Å². The summed E-state index contributed by atoms with van der Waals surface area (Å²) >= 11 is 3.33. The molecule has 0 aliphatic carbocycles. The molecule has 3 aliphatic heterocycles. The van der Waals surface area contributed by atoms with Crippen LogP contribution in [0.1, 0.15) is 10.4 Å². The average molecular weight is 519 g/mol. The standard InChI is InChI=1S/C24H15BrN4O5/c25-15-4-6-16(7-5-15)28-23(31)19-18-10-13(12-26)8-9-27(18)21(20(19)24(28)32)22(30)14-2-1-3-17(11-14)29(33)34/h1-11,18-21H/t18-,19-,20-,21-/m1/s1. The van der Waals surface area contributed by atoms with Gasteiger partial charge < -0.3 is 4.90 Å². The van der Waals surface area contributed by atoms with Crippen molar-refractivity contribution in [3.05, 3.63) is 92.6 Å². The number of carbonyl (C=O) groups is 3. The predicted octanol–water partition coefficient (Wildman–Crippen LogP) is 3.38. The molecule has 0 bridgehead atoms. The van der Waals surface area contributed by atoms with Crippen molar-refractivity contribution < 1.29 is 19.3 Å². The summed E-state index contributed by atoms with van der Waals surface area (Å²) in [5, 5.41) is 20.6. The molecule has 2 saturated heterocycles. The van der Waals surface area contributed by atoms with Crippen molar-refractivity contribution >= 4 is 44.9 Å². The highest BCUT2D eigenvalue weighted by atomic mass is 79.9. The molecule has 3 aliphatic rings. The number of nitriles is 1. The molecule has 0 aromatic heterocycles. The summed E-state index contributed by atoms with van der Waals surface area (Å²) in [6.45, 7) is 0. The molecule has 0 unspecified atom stereocenters. The van der Waals surface area contributed by atoms with Gasteiger partial charge in [-0.05, 0) is 36.4 Å². The van der Waals surface area contributed by atoms with Crippen molar-refractivity contribution in [1.82, 2.24) is 4.90 Å². The molecule has 168 valence electrons. The van der Waals surface area contributed by atoms with E-state index in [-0.39, 0.29) is 11.3 Å². The maximum atomic E-state index is 13.6. The van der Waals surface area contributed by atoms with Crippen molar-refractivity contribution in [2.75, 3.05) is 4.90 Å². The Hall–Kier alpha value is -4.10. The number of nitrogens with zero attached hydrogens (tertiary/aromatic N) is 4. The van der Waals surface area contributed by atoms with E-state index < -0.39 is 46.4 Å². The van der Waals surface area contributed by atoms with Gasteiger partial charge in [-0.25, -0.2) is 4.90 Å². The number of non-ortho nitro benzene ring substituents is 1. The summed E-state index contributed by atoms with van der Waals surface area (Å²) in [6.07, 6.45) is 4.66. The van der Waals surface area contributed by atoms with E-state index >= 15 is 0 Å². The second kappa shape index (κ2) is 8.04. The lowest BCUT2D eigenvalue weighted by atomic mass is 9.86. The van der Waals surface area contributed by atoms with Crippen LogP contribution in [0, 0.1) is 33.3 Å². The third-order valence-corrected chi connectivity index (χ3v) is 6.90. The Morgan fingerprint density at radius 1 is 1.09 bits per heavy atom. The van der Waals surface area contributed by atoms with E-state index in [4.69, 9.17) is 0 Å². The zero-order valence-corrected chi connectivity index (χ0v) is 19.0. The zero-order valence-electron chi connectivity index (χ0n) is 17.4. The maximum absolute atomic E-state index is 13.6. The molecule has 0 spiro atoms. The Balaban J connectivity index is 1.60. The Kier molecular flexibility index (Phi) is 5.14. The predicted molar refractivity (Wildman–Crippen MR) is 123 cm³/mol. The van der Waals surface area contributed by atoms with E-state index in [1.165, 1.54) is 30.3 Å².